The molecule has 1 aromatic carbocycles. The molecule has 1 unspecified atom stereocenters. The lowest BCUT2D eigenvalue weighted by atomic mass is 9.86. The summed E-state index contributed by atoms with van der Waals surface area (Å²) in [7, 11) is 0. The summed E-state index contributed by atoms with van der Waals surface area (Å²) >= 11 is 0. The third kappa shape index (κ3) is 2.21. The van der Waals surface area contributed by atoms with Crippen molar-refractivity contribution < 1.29 is 0 Å². The first-order valence-corrected chi connectivity index (χ1v) is 7.87. The van der Waals surface area contributed by atoms with E-state index in [9.17, 15) is 0 Å². The fourth-order valence-electron chi connectivity index (χ4n) is 4.14. The number of fused-ring (bicyclic) bond motifs is 2. The highest BCUT2D eigenvalue weighted by molar-refractivity contribution is 5.41. The monoisotopic (exact) mass is 256 g/mol. The lowest BCUT2D eigenvalue weighted by Gasteiger charge is -2.38. The molecule has 1 spiro atoms. The van der Waals surface area contributed by atoms with Crippen LogP contribution in [0.3, 0.4) is 0 Å². The first-order valence-electron chi connectivity index (χ1n) is 7.87. The normalized spacial score (nSPS) is 29.2. The van der Waals surface area contributed by atoms with Gasteiger partial charge in [-0.15, -0.1) is 0 Å². The SMILES string of the molecule is c1ccc2c(c1)CN(CC1CCCNC1)CC21CC1. The summed E-state index contributed by atoms with van der Waals surface area (Å²) < 4.78 is 0. The lowest BCUT2D eigenvalue weighted by Crippen LogP contribution is -2.43. The number of rotatable bonds is 2. The second kappa shape index (κ2) is 4.60. The van der Waals surface area contributed by atoms with Gasteiger partial charge in [-0.05, 0) is 55.8 Å². The zero-order valence-corrected chi connectivity index (χ0v) is 11.7. The average Bonchev–Trinajstić information content (AvgIpc) is 3.20. The highest BCUT2D eigenvalue weighted by Crippen LogP contribution is 2.52. The smallest absolute Gasteiger partial charge is 0.0237 e. The third-order valence-electron chi connectivity index (χ3n) is 5.28. The Labute approximate surface area is 116 Å². The van der Waals surface area contributed by atoms with Crippen molar-refractivity contribution in [2.24, 2.45) is 5.92 Å². The van der Waals surface area contributed by atoms with Crippen LogP contribution in [0.15, 0.2) is 24.3 Å². The second-order valence-electron chi connectivity index (χ2n) is 6.82. The predicted molar refractivity (Wildman–Crippen MR) is 78.2 cm³/mol. The summed E-state index contributed by atoms with van der Waals surface area (Å²) in [5.74, 6) is 0.870. The number of hydrogen-bond donors (Lipinski definition) is 1. The van der Waals surface area contributed by atoms with Crippen molar-refractivity contribution in [3.63, 3.8) is 0 Å². The van der Waals surface area contributed by atoms with E-state index in [0.717, 1.165) is 5.92 Å². The molecule has 2 heteroatoms. The van der Waals surface area contributed by atoms with Crippen molar-refractivity contribution in [1.29, 1.82) is 0 Å². The summed E-state index contributed by atoms with van der Waals surface area (Å²) in [4.78, 5) is 2.73. The first-order chi connectivity index (χ1) is 9.36. The van der Waals surface area contributed by atoms with Gasteiger partial charge < -0.3 is 5.32 Å². The van der Waals surface area contributed by atoms with E-state index in [4.69, 9.17) is 0 Å². The minimum absolute atomic E-state index is 0.539. The summed E-state index contributed by atoms with van der Waals surface area (Å²) in [6, 6.07) is 9.16. The van der Waals surface area contributed by atoms with Crippen LogP contribution in [-0.4, -0.2) is 31.1 Å². The highest BCUT2D eigenvalue weighted by atomic mass is 15.2. The molecule has 102 valence electrons. The number of piperidine rings is 1. The zero-order valence-electron chi connectivity index (χ0n) is 11.7. The molecule has 1 saturated carbocycles. The predicted octanol–water partition coefficient (Wildman–Crippen LogP) is 2.53. The van der Waals surface area contributed by atoms with Crippen LogP contribution in [0.1, 0.15) is 36.8 Å². The van der Waals surface area contributed by atoms with E-state index in [1.54, 1.807) is 11.1 Å². The van der Waals surface area contributed by atoms with Crippen LogP contribution in [0.4, 0.5) is 0 Å². The fraction of sp³-hybridized carbons (Fsp3) is 0.647. The van der Waals surface area contributed by atoms with Crippen molar-refractivity contribution in [3.05, 3.63) is 35.4 Å². The molecule has 3 aliphatic rings. The second-order valence-corrected chi connectivity index (χ2v) is 6.82. The molecule has 2 aliphatic heterocycles. The molecule has 4 rings (SSSR count). The van der Waals surface area contributed by atoms with Gasteiger partial charge in [0.15, 0.2) is 0 Å². The molecular formula is C17H24N2. The van der Waals surface area contributed by atoms with Crippen molar-refractivity contribution in [2.45, 2.75) is 37.6 Å². The van der Waals surface area contributed by atoms with Gasteiger partial charge in [0.25, 0.3) is 0 Å². The van der Waals surface area contributed by atoms with Crippen LogP contribution in [-0.2, 0) is 12.0 Å². The third-order valence-corrected chi connectivity index (χ3v) is 5.28. The van der Waals surface area contributed by atoms with E-state index in [0.29, 0.717) is 5.41 Å². The van der Waals surface area contributed by atoms with Gasteiger partial charge >= 0.3 is 0 Å². The Morgan fingerprint density at radius 2 is 2.16 bits per heavy atom. The van der Waals surface area contributed by atoms with Gasteiger partial charge in [0.05, 0.1) is 0 Å². The number of nitrogens with zero attached hydrogens (tertiary/aromatic N) is 1. The Bertz CT molecular complexity index is 458. The quantitative estimate of drug-likeness (QED) is 0.875. The molecule has 2 heterocycles. The van der Waals surface area contributed by atoms with Crippen LogP contribution >= 0.6 is 0 Å². The van der Waals surface area contributed by atoms with Crippen molar-refractivity contribution >= 4 is 0 Å². The highest BCUT2D eigenvalue weighted by Gasteiger charge is 2.48. The van der Waals surface area contributed by atoms with Crippen molar-refractivity contribution in [3.8, 4) is 0 Å². The molecule has 0 radical (unpaired) electrons. The van der Waals surface area contributed by atoms with Gasteiger partial charge in [0.1, 0.15) is 0 Å². The zero-order chi connectivity index (χ0) is 12.7. The standard InChI is InChI=1S/C17H24N2/c1-2-6-16-15(5-1)12-19(13-17(16)7-8-17)11-14-4-3-9-18-10-14/h1-2,5-6,14,18H,3-4,7-13H2. The lowest BCUT2D eigenvalue weighted by molar-refractivity contribution is 0.173. The van der Waals surface area contributed by atoms with Gasteiger partial charge in [-0.25, -0.2) is 0 Å². The minimum atomic E-state index is 0.539. The van der Waals surface area contributed by atoms with E-state index in [-0.39, 0.29) is 0 Å². The molecule has 0 bridgehead atoms. The Balaban J connectivity index is 1.51. The van der Waals surface area contributed by atoms with E-state index >= 15 is 0 Å². The molecule has 0 amide bonds. The molecule has 19 heavy (non-hydrogen) atoms. The van der Waals surface area contributed by atoms with E-state index in [1.165, 1.54) is 58.4 Å². The van der Waals surface area contributed by atoms with E-state index in [2.05, 4.69) is 34.5 Å². The Morgan fingerprint density at radius 3 is 2.95 bits per heavy atom. The average molecular weight is 256 g/mol. The Morgan fingerprint density at radius 1 is 1.26 bits per heavy atom. The Hall–Kier alpha value is -0.860. The van der Waals surface area contributed by atoms with Gasteiger partial charge in [-0.2, -0.15) is 0 Å². The fourth-order valence-corrected chi connectivity index (χ4v) is 4.14. The maximum absolute atomic E-state index is 3.55. The summed E-state index contributed by atoms with van der Waals surface area (Å²) in [6.07, 6.45) is 5.59. The van der Waals surface area contributed by atoms with Crippen molar-refractivity contribution in [1.82, 2.24) is 10.2 Å². The van der Waals surface area contributed by atoms with Crippen LogP contribution in [0.2, 0.25) is 0 Å². The van der Waals surface area contributed by atoms with Crippen molar-refractivity contribution in [2.75, 3.05) is 26.2 Å². The molecule has 1 saturated heterocycles. The molecule has 2 nitrogen and oxygen atoms in total. The maximum Gasteiger partial charge on any atom is 0.0237 e. The van der Waals surface area contributed by atoms with Crippen LogP contribution in [0.25, 0.3) is 0 Å². The summed E-state index contributed by atoms with van der Waals surface area (Å²) in [6.45, 7) is 6.23. The number of hydrogen-bond acceptors (Lipinski definition) is 2. The largest absolute Gasteiger partial charge is 0.316 e. The first kappa shape index (κ1) is 11.9. The minimum Gasteiger partial charge on any atom is -0.316 e. The van der Waals surface area contributed by atoms with Gasteiger partial charge in [0, 0.05) is 25.0 Å². The molecule has 1 aliphatic carbocycles. The number of nitrogens with one attached hydrogen (secondary N) is 1. The maximum atomic E-state index is 3.55. The van der Waals surface area contributed by atoms with Crippen LogP contribution in [0, 0.1) is 5.92 Å². The molecular weight excluding hydrogens is 232 g/mol. The van der Waals surface area contributed by atoms with Gasteiger partial charge in [-0.3, -0.25) is 4.90 Å². The van der Waals surface area contributed by atoms with Crippen LogP contribution < -0.4 is 5.32 Å². The topological polar surface area (TPSA) is 15.3 Å². The Kier molecular flexibility index (Phi) is 2.89. The molecule has 0 aromatic heterocycles. The summed E-state index contributed by atoms with van der Waals surface area (Å²) in [5.41, 5.74) is 3.79. The molecule has 1 aromatic rings. The molecule has 1 N–H and O–H groups in total. The number of benzene rings is 1. The van der Waals surface area contributed by atoms with Crippen LogP contribution in [0.5, 0.6) is 0 Å². The molecule has 1 atom stereocenters. The molecule has 2 fully saturated rings. The van der Waals surface area contributed by atoms with E-state index in [1.807, 2.05) is 0 Å². The van der Waals surface area contributed by atoms with Gasteiger partial charge in [0.2, 0.25) is 0 Å². The van der Waals surface area contributed by atoms with E-state index < -0.39 is 0 Å². The summed E-state index contributed by atoms with van der Waals surface area (Å²) in [5, 5.41) is 3.55. The van der Waals surface area contributed by atoms with Gasteiger partial charge in [-0.1, -0.05) is 24.3 Å².